The fourth-order valence-electron chi connectivity index (χ4n) is 4.46. The molecule has 7 nitrogen and oxygen atoms in total. The van der Waals surface area contributed by atoms with Gasteiger partial charge in [0.1, 0.15) is 18.5 Å². The van der Waals surface area contributed by atoms with E-state index in [9.17, 15) is 9.90 Å². The first-order valence-corrected chi connectivity index (χ1v) is 11.4. The number of ether oxygens (including phenoxy) is 1. The average Bonchev–Trinajstić information content (AvgIpc) is 3.54. The lowest BCUT2D eigenvalue weighted by Gasteiger charge is -2.35. The molecule has 1 saturated carbocycles. The Bertz CT molecular complexity index is 1100. The molecule has 0 bridgehead atoms. The van der Waals surface area contributed by atoms with E-state index in [4.69, 9.17) is 4.74 Å². The number of hydrogen-bond donors (Lipinski definition) is 1. The molecule has 2 aliphatic rings. The zero-order chi connectivity index (χ0) is 22.1. The minimum atomic E-state index is -0.604. The quantitative estimate of drug-likeness (QED) is 0.619. The van der Waals surface area contributed by atoms with Gasteiger partial charge in [-0.2, -0.15) is 5.10 Å². The fourth-order valence-corrected chi connectivity index (χ4v) is 4.46. The largest absolute Gasteiger partial charge is 0.490 e. The Labute approximate surface area is 188 Å². The molecule has 0 spiro atoms. The molecule has 32 heavy (non-hydrogen) atoms. The first kappa shape index (κ1) is 21.0. The van der Waals surface area contributed by atoms with Crippen LogP contribution < -0.4 is 4.74 Å². The topological polar surface area (TPSA) is 70.8 Å². The molecule has 1 aromatic heterocycles. The number of aliphatic hydroxyl groups is 1. The lowest BCUT2D eigenvalue weighted by atomic mass is 9.99. The molecule has 2 aromatic carbocycles. The lowest BCUT2D eigenvalue weighted by Crippen LogP contribution is -2.50. The summed E-state index contributed by atoms with van der Waals surface area (Å²) in [5.41, 5.74) is 2.07. The number of benzene rings is 2. The van der Waals surface area contributed by atoms with Crippen molar-refractivity contribution >= 4 is 16.7 Å². The van der Waals surface area contributed by atoms with Gasteiger partial charge in [-0.25, -0.2) is 0 Å². The van der Waals surface area contributed by atoms with Crippen LogP contribution in [0, 0.1) is 0 Å². The summed E-state index contributed by atoms with van der Waals surface area (Å²) in [4.78, 5) is 15.5. The monoisotopic (exact) mass is 434 g/mol. The van der Waals surface area contributed by atoms with Gasteiger partial charge in [-0.3, -0.25) is 14.4 Å². The zero-order valence-electron chi connectivity index (χ0n) is 18.5. The van der Waals surface area contributed by atoms with Gasteiger partial charge >= 0.3 is 0 Å². The number of fused-ring (bicyclic) bond motifs is 1. The molecule has 0 radical (unpaired) electrons. The number of β-amino-alcohol motifs (C(OH)–C–C–N with tert-alkyl or cyclic N) is 1. The molecule has 168 valence electrons. The summed E-state index contributed by atoms with van der Waals surface area (Å²) in [6.07, 6.45) is 5.79. The van der Waals surface area contributed by atoms with Crippen molar-refractivity contribution < 1.29 is 14.6 Å². The van der Waals surface area contributed by atoms with E-state index in [1.807, 2.05) is 29.3 Å². The molecule has 7 heteroatoms. The molecule has 5 rings (SSSR count). The second-order valence-corrected chi connectivity index (χ2v) is 8.87. The highest BCUT2D eigenvalue weighted by atomic mass is 16.5. The number of aliphatic hydroxyl groups excluding tert-OH is 1. The highest BCUT2D eigenvalue weighted by molar-refractivity contribution is 5.99. The van der Waals surface area contributed by atoms with E-state index in [0.717, 1.165) is 40.7 Å². The number of hydrogen-bond acceptors (Lipinski definition) is 5. The number of carbonyl (C=O) groups excluding carboxylic acids is 1. The van der Waals surface area contributed by atoms with Gasteiger partial charge in [0.05, 0.1) is 12.2 Å². The maximum atomic E-state index is 11.5. The Balaban J connectivity index is 1.30. The molecule has 1 aliphatic heterocycles. The van der Waals surface area contributed by atoms with E-state index in [1.165, 1.54) is 12.8 Å². The fraction of sp³-hybridized carbons (Fsp3) is 0.440. The van der Waals surface area contributed by atoms with Gasteiger partial charge in [0, 0.05) is 57.0 Å². The van der Waals surface area contributed by atoms with Crippen molar-refractivity contribution in [1.82, 2.24) is 19.6 Å². The molecule has 1 atom stereocenters. The lowest BCUT2D eigenvalue weighted by molar-refractivity contribution is -0.130. The molecule has 1 aliphatic carbocycles. The molecule has 1 N–H and O–H groups in total. The number of aromatic nitrogens is 2. The number of piperazine rings is 1. The average molecular weight is 435 g/mol. The van der Waals surface area contributed by atoms with Gasteiger partial charge < -0.3 is 14.7 Å². The van der Waals surface area contributed by atoms with Crippen molar-refractivity contribution in [3.05, 3.63) is 48.8 Å². The molecule has 1 amide bonds. The minimum absolute atomic E-state index is 0.113. The van der Waals surface area contributed by atoms with Crippen LogP contribution in [0.15, 0.2) is 48.8 Å². The molecule has 1 saturated heterocycles. The van der Waals surface area contributed by atoms with Gasteiger partial charge in [-0.05, 0) is 29.7 Å². The van der Waals surface area contributed by atoms with Crippen molar-refractivity contribution in [2.75, 3.05) is 39.3 Å². The van der Waals surface area contributed by atoms with Crippen molar-refractivity contribution in [2.45, 2.75) is 31.9 Å². The Morgan fingerprint density at radius 1 is 1.16 bits per heavy atom. The third kappa shape index (κ3) is 4.49. The van der Waals surface area contributed by atoms with E-state index in [-0.39, 0.29) is 12.5 Å². The first-order chi connectivity index (χ1) is 15.6. The predicted octanol–water partition coefficient (Wildman–Crippen LogP) is 2.94. The van der Waals surface area contributed by atoms with Gasteiger partial charge in [-0.15, -0.1) is 0 Å². The highest BCUT2D eigenvalue weighted by Crippen LogP contribution is 2.40. The second kappa shape index (κ2) is 8.92. The van der Waals surface area contributed by atoms with E-state index < -0.39 is 6.10 Å². The molecule has 3 aromatic rings. The maximum absolute atomic E-state index is 11.5. The van der Waals surface area contributed by atoms with Crippen LogP contribution in [0.25, 0.3) is 21.9 Å². The summed E-state index contributed by atoms with van der Waals surface area (Å²) in [6.45, 7) is 5.33. The van der Waals surface area contributed by atoms with E-state index in [2.05, 4.69) is 39.1 Å². The Morgan fingerprint density at radius 3 is 2.69 bits per heavy atom. The third-order valence-corrected chi connectivity index (χ3v) is 6.42. The summed E-state index contributed by atoms with van der Waals surface area (Å²) in [6, 6.07) is 12.9. The number of rotatable bonds is 7. The van der Waals surface area contributed by atoms with E-state index in [0.29, 0.717) is 25.7 Å². The van der Waals surface area contributed by atoms with Crippen LogP contribution in [-0.2, 0) is 4.79 Å². The van der Waals surface area contributed by atoms with Crippen molar-refractivity contribution in [2.24, 2.45) is 0 Å². The van der Waals surface area contributed by atoms with E-state index >= 15 is 0 Å². The highest BCUT2D eigenvalue weighted by Gasteiger charge is 2.25. The smallest absolute Gasteiger partial charge is 0.219 e. The third-order valence-electron chi connectivity index (χ3n) is 6.42. The van der Waals surface area contributed by atoms with Crippen molar-refractivity contribution in [1.29, 1.82) is 0 Å². The number of amides is 1. The summed E-state index contributed by atoms with van der Waals surface area (Å²) in [7, 11) is 0. The molecule has 2 heterocycles. The summed E-state index contributed by atoms with van der Waals surface area (Å²) < 4.78 is 8.22. The zero-order valence-corrected chi connectivity index (χ0v) is 18.5. The minimum Gasteiger partial charge on any atom is -0.490 e. The molecular formula is C25H30N4O3. The van der Waals surface area contributed by atoms with Crippen molar-refractivity contribution in [3.8, 4) is 16.9 Å². The number of carbonyl (C=O) groups is 1. The molecule has 1 unspecified atom stereocenters. The van der Waals surface area contributed by atoms with Gasteiger partial charge in [0.15, 0.2) is 0 Å². The standard InChI is InChI=1S/C25H30N4O3/c1-18(30)28-12-10-27(11-13-28)16-22(31)17-32-24-9-6-19-4-2-3-5-23(19)25(24)20-14-26-29(15-20)21-7-8-21/h2-6,9,14-15,21-22,31H,7-8,10-13,16-17H2,1H3. The second-order valence-electron chi connectivity index (χ2n) is 8.87. The number of nitrogens with zero attached hydrogens (tertiary/aromatic N) is 4. The Morgan fingerprint density at radius 2 is 1.94 bits per heavy atom. The van der Waals surface area contributed by atoms with Crippen LogP contribution in [0.3, 0.4) is 0 Å². The van der Waals surface area contributed by atoms with Crippen LogP contribution in [0.4, 0.5) is 0 Å². The summed E-state index contributed by atoms with van der Waals surface area (Å²) in [5.74, 6) is 0.877. The molecular weight excluding hydrogens is 404 g/mol. The SMILES string of the molecule is CC(=O)N1CCN(CC(O)COc2ccc3ccccc3c2-c2cnn(C3CC3)c2)CC1. The summed E-state index contributed by atoms with van der Waals surface area (Å²) in [5, 5.41) is 17.5. The first-order valence-electron chi connectivity index (χ1n) is 11.4. The van der Waals surface area contributed by atoms with Crippen molar-refractivity contribution in [3.63, 3.8) is 0 Å². The van der Waals surface area contributed by atoms with Gasteiger partial charge in [0.2, 0.25) is 5.91 Å². The molecule has 2 fully saturated rings. The predicted molar refractivity (Wildman–Crippen MR) is 124 cm³/mol. The van der Waals surface area contributed by atoms with Gasteiger partial charge in [-0.1, -0.05) is 30.3 Å². The normalized spacial score (nSPS) is 18.1. The van der Waals surface area contributed by atoms with Gasteiger partial charge in [0.25, 0.3) is 0 Å². The Hall–Kier alpha value is -2.90. The van der Waals surface area contributed by atoms with Crippen LogP contribution in [-0.4, -0.2) is 76.0 Å². The van der Waals surface area contributed by atoms with E-state index in [1.54, 1.807) is 6.92 Å². The van der Waals surface area contributed by atoms with Crippen LogP contribution >= 0.6 is 0 Å². The Kier molecular flexibility index (Phi) is 5.85. The summed E-state index contributed by atoms with van der Waals surface area (Å²) >= 11 is 0. The van der Waals surface area contributed by atoms with Crippen LogP contribution in [0.1, 0.15) is 25.8 Å². The van der Waals surface area contributed by atoms with Crippen LogP contribution in [0.5, 0.6) is 5.75 Å². The maximum Gasteiger partial charge on any atom is 0.219 e. The van der Waals surface area contributed by atoms with Crippen LogP contribution in [0.2, 0.25) is 0 Å².